The first-order valence-corrected chi connectivity index (χ1v) is 5.09. The zero-order chi connectivity index (χ0) is 10.8. The van der Waals surface area contributed by atoms with Crippen molar-refractivity contribution in [3.63, 3.8) is 0 Å². The monoisotopic (exact) mass is 189 g/mol. The van der Waals surface area contributed by atoms with E-state index in [1.54, 1.807) is 0 Å². The lowest BCUT2D eigenvalue weighted by atomic mass is 9.84. The molecule has 1 aromatic carbocycles. The normalized spacial score (nSPS) is 11.4. The van der Waals surface area contributed by atoms with Gasteiger partial charge in [-0.3, -0.25) is 4.99 Å². The lowest BCUT2D eigenvalue weighted by molar-refractivity contribution is 0.591. The average molecular weight is 189 g/mol. The molecule has 1 rings (SSSR count). The summed E-state index contributed by atoms with van der Waals surface area (Å²) < 4.78 is 0. The number of hydrogen-bond donors (Lipinski definition) is 0. The third kappa shape index (κ3) is 2.03. The lowest BCUT2D eigenvalue weighted by Gasteiger charge is -2.22. The molecule has 1 aromatic rings. The maximum Gasteiger partial charge on any atom is 0.0691 e. The van der Waals surface area contributed by atoms with Crippen molar-refractivity contribution in [1.29, 1.82) is 0 Å². The Morgan fingerprint density at radius 3 is 2.36 bits per heavy atom. The van der Waals surface area contributed by atoms with Crippen LogP contribution >= 0.6 is 0 Å². The second kappa shape index (κ2) is 3.95. The van der Waals surface area contributed by atoms with Gasteiger partial charge in [-0.15, -0.1) is 0 Å². The van der Waals surface area contributed by atoms with Crippen molar-refractivity contribution in [2.75, 3.05) is 0 Å². The van der Waals surface area contributed by atoms with E-state index in [-0.39, 0.29) is 5.41 Å². The molecule has 0 unspecified atom stereocenters. The van der Waals surface area contributed by atoms with Crippen molar-refractivity contribution in [3.05, 3.63) is 29.3 Å². The van der Waals surface area contributed by atoms with Crippen molar-refractivity contribution >= 4 is 12.4 Å². The molecule has 76 valence electrons. The molecule has 0 aliphatic carbocycles. The topological polar surface area (TPSA) is 12.4 Å². The Bertz CT molecular complexity index is 332. The summed E-state index contributed by atoms with van der Waals surface area (Å²) in [6.07, 6.45) is 1.01. The number of benzene rings is 1. The SMILES string of the molecule is C=Nc1c(CC)cccc1C(C)(C)C. The number of hydrogen-bond acceptors (Lipinski definition) is 1. The number of para-hydroxylation sites is 1. The molecule has 0 N–H and O–H groups in total. The molecule has 0 saturated heterocycles. The van der Waals surface area contributed by atoms with Gasteiger partial charge in [0, 0.05) is 0 Å². The zero-order valence-corrected chi connectivity index (χ0v) is 9.59. The molecule has 0 bridgehead atoms. The van der Waals surface area contributed by atoms with E-state index in [1.165, 1.54) is 11.1 Å². The molecule has 0 spiro atoms. The standard InChI is InChI=1S/C13H19N/c1-6-10-8-7-9-11(12(10)14-5)13(2,3)4/h7-9H,5-6H2,1-4H3. The van der Waals surface area contributed by atoms with Crippen LogP contribution in [0, 0.1) is 0 Å². The highest BCUT2D eigenvalue weighted by molar-refractivity contribution is 5.59. The van der Waals surface area contributed by atoms with Gasteiger partial charge < -0.3 is 0 Å². The van der Waals surface area contributed by atoms with Gasteiger partial charge in [0.25, 0.3) is 0 Å². The second-order valence-corrected chi connectivity index (χ2v) is 4.57. The summed E-state index contributed by atoms with van der Waals surface area (Å²) in [5.74, 6) is 0. The average Bonchev–Trinajstić information content (AvgIpc) is 2.15. The van der Waals surface area contributed by atoms with Crippen molar-refractivity contribution in [2.24, 2.45) is 4.99 Å². The summed E-state index contributed by atoms with van der Waals surface area (Å²) in [5.41, 5.74) is 3.78. The molecule has 0 radical (unpaired) electrons. The van der Waals surface area contributed by atoms with Crippen LogP contribution in [-0.2, 0) is 11.8 Å². The Labute approximate surface area is 86.9 Å². The maximum absolute atomic E-state index is 4.16. The van der Waals surface area contributed by atoms with E-state index in [2.05, 4.69) is 57.6 Å². The molecule has 0 heterocycles. The molecular formula is C13H19N. The van der Waals surface area contributed by atoms with Crippen LogP contribution in [0.25, 0.3) is 0 Å². The van der Waals surface area contributed by atoms with E-state index in [9.17, 15) is 0 Å². The molecule has 1 heteroatoms. The van der Waals surface area contributed by atoms with E-state index in [1.807, 2.05) is 0 Å². The van der Waals surface area contributed by atoms with Crippen molar-refractivity contribution < 1.29 is 0 Å². The van der Waals surface area contributed by atoms with Crippen LogP contribution in [0.4, 0.5) is 5.69 Å². The van der Waals surface area contributed by atoms with E-state index < -0.39 is 0 Å². The van der Waals surface area contributed by atoms with Crippen LogP contribution in [0.1, 0.15) is 38.8 Å². The fraction of sp³-hybridized carbons (Fsp3) is 0.462. The van der Waals surface area contributed by atoms with Crippen LogP contribution in [0.15, 0.2) is 23.2 Å². The molecular weight excluding hydrogens is 170 g/mol. The third-order valence-corrected chi connectivity index (χ3v) is 2.47. The van der Waals surface area contributed by atoms with E-state index in [4.69, 9.17) is 0 Å². The minimum atomic E-state index is 0.141. The van der Waals surface area contributed by atoms with E-state index >= 15 is 0 Å². The van der Waals surface area contributed by atoms with Gasteiger partial charge in [-0.05, 0) is 29.7 Å². The molecule has 1 nitrogen and oxygen atoms in total. The highest BCUT2D eigenvalue weighted by Crippen LogP contribution is 2.33. The number of nitrogens with zero attached hydrogens (tertiary/aromatic N) is 1. The number of aryl methyl sites for hydroxylation is 1. The summed E-state index contributed by atoms with van der Waals surface area (Å²) >= 11 is 0. The Morgan fingerprint density at radius 1 is 1.29 bits per heavy atom. The van der Waals surface area contributed by atoms with Gasteiger partial charge in [0.05, 0.1) is 5.69 Å². The first-order valence-electron chi connectivity index (χ1n) is 5.09. The van der Waals surface area contributed by atoms with Gasteiger partial charge in [-0.2, -0.15) is 0 Å². The van der Waals surface area contributed by atoms with Crippen LogP contribution in [0.2, 0.25) is 0 Å². The Hall–Kier alpha value is -1.11. The largest absolute Gasteiger partial charge is 0.264 e. The quantitative estimate of drug-likeness (QED) is 0.626. The molecule has 0 aliphatic heterocycles. The Kier molecular flexibility index (Phi) is 3.10. The lowest BCUT2D eigenvalue weighted by Crippen LogP contribution is -2.11. The molecule has 0 atom stereocenters. The highest BCUT2D eigenvalue weighted by Gasteiger charge is 2.18. The van der Waals surface area contributed by atoms with E-state index in [0.29, 0.717) is 0 Å². The second-order valence-electron chi connectivity index (χ2n) is 4.57. The molecule has 0 amide bonds. The van der Waals surface area contributed by atoms with Crippen molar-refractivity contribution in [1.82, 2.24) is 0 Å². The van der Waals surface area contributed by atoms with E-state index in [0.717, 1.165) is 12.1 Å². The number of rotatable bonds is 2. The predicted octanol–water partition coefficient (Wildman–Crippen LogP) is 3.88. The smallest absolute Gasteiger partial charge is 0.0691 e. The highest BCUT2D eigenvalue weighted by atomic mass is 14.7. The third-order valence-electron chi connectivity index (χ3n) is 2.47. The summed E-state index contributed by atoms with van der Waals surface area (Å²) in [5, 5.41) is 0. The van der Waals surface area contributed by atoms with Gasteiger partial charge in [0.1, 0.15) is 0 Å². The van der Waals surface area contributed by atoms with Gasteiger partial charge in [-0.1, -0.05) is 45.9 Å². The predicted molar refractivity (Wildman–Crippen MR) is 63.7 cm³/mol. The first kappa shape index (κ1) is 11.0. The Balaban J connectivity index is 3.37. The summed E-state index contributed by atoms with van der Waals surface area (Å²) in [4.78, 5) is 4.16. The van der Waals surface area contributed by atoms with Crippen molar-refractivity contribution in [2.45, 2.75) is 39.5 Å². The minimum absolute atomic E-state index is 0.141. The first-order chi connectivity index (χ1) is 6.50. The summed E-state index contributed by atoms with van der Waals surface area (Å²) in [6.45, 7) is 12.4. The molecule has 0 saturated carbocycles. The van der Waals surface area contributed by atoms with Gasteiger partial charge >= 0.3 is 0 Å². The maximum atomic E-state index is 4.16. The van der Waals surface area contributed by atoms with Gasteiger partial charge in [0.2, 0.25) is 0 Å². The van der Waals surface area contributed by atoms with Gasteiger partial charge in [-0.25, -0.2) is 0 Å². The van der Waals surface area contributed by atoms with Crippen LogP contribution < -0.4 is 0 Å². The van der Waals surface area contributed by atoms with Crippen LogP contribution in [-0.4, -0.2) is 6.72 Å². The molecule has 14 heavy (non-hydrogen) atoms. The molecule has 0 fully saturated rings. The fourth-order valence-corrected chi connectivity index (χ4v) is 1.67. The minimum Gasteiger partial charge on any atom is -0.264 e. The number of aliphatic imine (C=N–C) groups is 1. The van der Waals surface area contributed by atoms with Crippen molar-refractivity contribution in [3.8, 4) is 0 Å². The Morgan fingerprint density at radius 2 is 1.93 bits per heavy atom. The fourth-order valence-electron chi connectivity index (χ4n) is 1.67. The molecule has 0 aliphatic rings. The molecule has 0 aromatic heterocycles. The van der Waals surface area contributed by atoms with Gasteiger partial charge in [0.15, 0.2) is 0 Å². The van der Waals surface area contributed by atoms with Crippen LogP contribution in [0.5, 0.6) is 0 Å². The summed E-state index contributed by atoms with van der Waals surface area (Å²) in [7, 11) is 0. The zero-order valence-electron chi connectivity index (χ0n) is 9.59. The van der Waals surface area contributed by atoms with Crippen LogP contribution in [0.3, 0.4) is 0 Å². The summed E-state index contributed by atoms with van der Waals surface area (Å²) in [6, 6.07) is 6.37.